The Hall–Kier alpha value is -2.14. The molecule has 0 heterocycles. The highest BCUT2D eigenvalue weighted by molar-refractivity contribution is 6.00. The van der Waals surface area contributed by atoms with Gasteiger partial charge in [-0.15, -0.1) is 0 Å². The average Bonchev–Trinajstić information content (AvgIpc) is 2.38. The molecule has 1 aliphatic carbocycles. The van der Waals surface area contributed by atoms with Crippen LogP contribution in [0.2, 0.25) is 0 Å². The lowest BCUT2D eigenvalue weighted by Gasteiger charge is -2.28. The molecule has 0 aromatic heterocycles. The molecule has 0 saturated carbocycles. The van der Waals surface area contributed by atoms with E-state index < -0.39 is 0 Å². The van der Waals surface area contributed by atoms with Crippen LogP contribution in [0.15, 0.2) is 48.1 Å². The molecule has 2 nitrogen and oxygen atoms in total. The van der Waals surface area contributed by atoms with Gasteiger partial charge in [-0.2, -0.15) is 5.26 Å². The molecule has 0 spiro atoms. The zero-order chi connectivity index (χ0) is 15.2. The first-order valence-corrected chi connectivity index (χ1v) is 6.70. The van der Waals surface area contributed by atoms with Crippen molar-refractivity contribution < 1.29 is 4.79 Å². The third kappa shape index (κ3) is 4.51. The summed E-state index contributed by atoms with van der Waals surface area (Å²) in [6.07, 6.45) is 3.20. The summed E-state index contributed by atoms with van der Waals surface area (Å²) in [6.45, 7) is 9.62. The summed E-state index contributed by atoms with van der Waals surface area (Å²) < 4.78 is 0. The first-order valence-electron chi connectivity index (χ1n) is 6.70. The molecule has 104 valence electrons. The minimum Gasteiger partial charge on any atom is -0.293 e. The van der Waals surface area contributed by atoms with E-state index in [1.165, 1.54) is 5.56 Å². The van der Waals surface area contributed by atoms with E-state index in [0.717, 1.165) is 12.0 Å². The zero-order valence-electron chi connectivity index (χ0n) is 12.4. The van der Waals surface area contributed by atoms with Gasteiger partial charge in [0.25, 0.3) is 0 Å². The fourth-order valence-electron chi connectivity index (χ4n) is 2.38. The van der Waals surface area contributed by atoms with E-state index in [0.29, 0.717) is 12.0 Å². The molecule has 0 unspecified atom stereocenters. The van der Waals surface area contributed by atoms with Crippen LogP contribution in [0.25, 0.3) is 6.08 Å². The Morgan fingerprint density at radius 3 is 2.25 bits per heavy atom. The summed E-state index contributed by atoms with van der Waals surface area (Å²) in [7, 11) is 0. The maximum absolute atomic E-state index is 11.4. The second-order valence-electron chi connectivity index (χ2n) is 5.82. The molecule has 0 atom stereocenters. The Morgan fingerprint density at radius 2 is 1.85 bits per heavy atom. The van der Waals surface area contributed by atoms with Crippen molar-refractivity contribution >= 4 is 11.9 Å². The van der Waals surface area contributed by atoms with Gasteiger partial charge in [0, 0.05) is 6.42 Å². The highest BCUT2D eigenvalue weighted by atomic mass is 16.1. The van der Waals surface area contributed by atoms with Crippen molar-refractivity contribution in [3.05, 3.63) is 53.6 Å². The predicted molar refractivity (Wildman–Crippen MR) is 82.9 cm³/mol. The second-order valence-corrected chi connectivity index (χ2v) is 5.82. The number of carbonyl (C=O) groups excluding carboxylic acids is 1. The summed E-state index contributed by atoms with van der Waals surface area (Å²) in [6, 6.07) is 12.0. The topological polar surface area (TPSA) is 40.9 Å². The van der Waals surface area contributed by atoms with Crippen LogP contribution in [0.1, 0.15) is 39.2 Å². The molecule has 0 bridgehead atoms. The Balaban J connectivity index is 0.000000217. The van der Waals surface area contributed by atoms with Crippen LogP contribution in [0.4, 0.5) is 0 Å². The number of ketones is 1. The quantitative estimate of drug-likeness (QED) is 0.749. The van der Waals surface area contributed by atoms with Crippen molar-refractivity contribution in [1.82, 2.24) is 0 Å². The first kappa shape index (κ1) is 15.9. The van der Waals surface area contributed by atoms with E-state index in [1.54, 1.807) is 0 Å². The highest BCUT2D eigenvalue weighted by Crippen LogP contribution is 2.36. The van der Waals surface area contributed by atoms with Crippen molar-refractivity contribution in [2.45, 2.75) is 33.6 Å². The first-order chi connectivity index (χ1) is 9.39. The van der Waals surface area contributed by atoms with E-state index in [-0.39, 0.29) is 11.2 Å². The van der Waals surface area contributed by atoms with E-state index in [9.17, 15) is 4.79 Å². The molecule has 0 aliphatic heterocycles. The summed E-state index contributed by atoms with van der Waals surface area (Å²) in [5.74, 6) is 0.00579. The van der Waals surface area contributed by atoms with Crippen LogP contribution < -0.4 is 0 Å². The maximum Gasteiger partial charge on any atom is 0.173 e. The van der Waals surface area contributed by atoms with Gasteiger partial charge in [0.2, 0.25) is 0 Å². The zero-order valence-corrected chi connectivity index (χ0v) is 12.4. The SMILES string of the molecule is C=Cc1ccccc1.CC1=C(C#N)C(=O)CC(C)(C)C1. The van der Waals surface area contributed by atoms with Crippen molar-refractivity contribution in [3.8, 4) is 6.07 Å². The van der Waals surface area contributed by atoms with E-state index in [1.807, 2.05) is 49.4 Å². The fraction of sp³-hybridized carbons (Fsp3) is 0.333. The molecular formula is C18H21NO. The molecule has 20 heavy (non-hydrogen) atoms. The molecule has 0 radical (unpaired) electrons. The lowest BCUT2D eigenvalue weighted by atomic mass is 9.74. The summed E-state index contributed by atoms with van der Waals surface area (Å²) in [5, 5.41) is 8.67. The van der Waals surface area contributed by atoms with Gasteiger partial charge in [-0.3, -0.25) is 4.79 Å². The summed E-state index contributed by atoms with van der Waals surface area (Å²) in [4.78, 5) is 11.4. The van der Waals surface area contributed by atoms with E-state index in [4.69, 9.17) is 5.26 Å². The molecule has 0 N–H and O–H groups in total. The number of hydrogen-bond donors (Lipinski definition) is 0. The minimum absolute atomic E-state index is 0.00579. The number of hydrogen-bond acceptors (Lipinski definition) is 2. The van der Waals surface area contributed by atoms with Gasteiger partial charge in [0.05, 0.1) is 5.57 Å². The van der Waals surface area contributed by atoms with Crippen LogP contribution in [0, 0.1) is 16.7 Å². The molecule has 2 rings (SSSR count). The van der Waals surface area contributed by atoms with Gasteiger partial charge in [0.1, 0.15) is 6.07 Å². The van der Waals surface area contributed by atoms with Gasteiger partial charge in [-0.25, -0.2) is 0 Å². The average molecular weight is 267 g/mol. The lowest BCUT2D eigenvalue weighted by Crippen LogP contribution is -2.24. The Bertz CT molecular complexity index is 559. The summed E-state index contributed by atoms with van der Waals surface area (Å²) in [5.41, 5.74) is 2.54. The van der Waals surface area contributed by atoms with Gasteiger partial charge >= 0.3 is 0 Å². The number of Topliss-reactive ketones (excluding diaryl/α,β-unsaturated/α-hetero) is 1. The fourth-order valence-corrected chi connectivity index (χ4v) is 2.38. The largest absolute Gasteiger partial charge is 0.293 e. The van der Waals surface area contributed by atoms with Crippen molar-refractivity contribution in [1.29, 1.82) is 5.26 Å². The van der Waals surface area contributed by atoms with Gasteiger partial charge in [-0.1, -0.05) is 62.4 Å². The Labute approximate surface area is 121 Å². The number of carbonyl (C=O) groups is 1. The van der Waals surface area contributed by atoms with Gasteiger partial charge in [0.15, 0.2) is 5.78 Å². The van der Waals surface area contributed by atoms with Crippen LogP contribution in [0.3, 0.4) is 0 Å². The predicted octanol–water partition coefficient (Wildman–Crippen LogP) is 4.55. The van der Waals surface area contributed by atoms with Crippen molar-refractivity contribution in [3.63, 3.8) is 0 Å². The van der Waals surface area contributed by atoms with Crippen LogP contribution in [0.5, 0.6) is 0 Å². The molecule has 1 aromatic carbocycles. The third-order valence-electron chi connectivity index (χ3n) is 3.24. The van der Waals surface area contributed by atoms with Crippen molar-refractivity contribution in [2.75, 3.05) is 0 Å². The van der Waals surface area contributed by atoms with Crippen LogP contribution in [-0.4, -0.2) is 5.78 Å². The molecule has 0 saturated heterocycles. The molecule has 0 fully saturated rings. The molecule has 0 amide bonds. The van der Waals surface area contributed by atoms with Gasteiger partial charge < -0.3 is 0 Å². The Kier molecular flexibility index (Phi) is 5.46. The van der Waals surface area contributed by atoms with Crippen LogP contribution in [-0.2, 0) is 4.79 Å². The monoisotopic (exact) mass is 267 g/mol. The molecule has 2 heteroatoms. The lowest BCUT2D eigenvalue weighted by molar-refractivity contribution is -0.117. The number of benzene rings is 1. The van der Waals surface area contributed by atoms with Gasteiger partial charge in [-0.05, 0) is 24.3 Å². The third-order valence-corrected chi connectivity index (χ3v) is 3.24. The standard InChI is InChI=1S/C10H13NO.C8H8/c1-7-4-10(2,3)5-9(12)8(7)6-11;1-2-8-6-4-3-5-7-8/h4-5H2,1-3H3;2-7H,1H2. The summed E-state index contributed by atoms with van der Waals surface area (Å²) >= 11 is 0. The molecule has 1 aromatic rings. The number of nitrogens with zero attached hydrogens (tertiary/aromatic N) is 1. The Morgan fingerprint density at radius 1 is 1.25 bits per heavy atom. The second kappa shape index (κ2) is 6.86. The minimum atomic E-state index is 0.00579. The molecular weight excluding hydrogens is 246 g/mol. The van der Waals surface area contributed by atoms with E-state index in [2.05, 4.69) is 20.4 Å². The number of rotatable bonds is 1. The van der Waals surface area contributed by atoms with Crippen LogP contribution >= 0.6 is 0 Å². The number of nitriles is 1. The normalized spacial score (nSPS) is 16.8. The highest BCUT2D eigenvalue weighted by Gasteiger charge is 2.30. The molecule has 1 aliphatic rings. The number of allylic oxidation sites excluding steroid dienone is 2. The van der Waals surface area contributed by atoms with E-state index >= 15 is 0 Å². The maximum atomic E-state index is 11.4. The smallest absolute Gasteiger partial charge is 0.173 e. The van der Waals surface area contributed by atoms with Crippen molar-refractivity contribution in [2.24, 2.45) is 5.41 Å².